The van der Waals surface area contributed by atoms with E-state index in [0.717, 1.165) is 89.8 Å². The minimum absolute atomic E-state index is 0.259. The fraction of sp³-hybridized carbons (Fsp3) is 0.789. The van der Waals surface area contributed by atoms with Gasteiger partial charge in [-0.05, 0) is 19.3 Å². The van der Waals surface area contributed by atoms with Gasteiger partial charge in [0, 0.05) is 70.4 Å². The standard InChI is InChI=1S/C19H32N6O2/c20-19-21-17(15-3-12-27-14-15)13-18(22-19)25-4-1-16(2-5-25)24-8-6-23(7-9-24)10-11-26/h13,15-16,26H,1-12,14H2,(H2,20,21,22). The molecule has 8 nitrogen and oxygen atoms in total. The van der Waals surface area contributed by atoms with Crippen molar-refractivity contribution >= 4 is 11.8 Å². The second-order valence-electron chi connectivity index (χ2n) is 7.89. The molecule has 3 saturated heterocycles. The summed E-state index contributed by atoms with van der Waals surface area (Å²) in [6, 6.07) is 2.77. The molecular weight excluding hydrogens is 344 g/mol. The van der Waals surface area contributed by atoms with Gasteiger partial charge in [-0.3, -0.25) is 9.80 Å². The quantitative estimate of drug-likeness (QED) is 0.750. The molecule has 0 saturated carbocycles. The third-order valence-electron chi connectivity index (χ3n) is 6.23. The van der Waals surface area contributed by atoms with Gasteiger partial charge in [-0.1, -0.05) is 0 Å². The Morgan fingerprint density at radius 3 is 2.52 bits per heavy atom. The lowest BCUT2D eigenvalue weighted by molar-refractivity contribution is 0.0746. The number of aromatic nitrogens is 2. The maximum atomic E-state index is 9.09. The van der Waals surface area contributed by atoms with Crippen LogP contribution in [0, 0.1) is 0 Å². The molecule has 150 valence electrons. The topological polar surface area (TPSA) is 91.0 Å². The molecule has 0 aromatic carbocycles. The smallest absolute Gasteiger partial charge is 0.222 e. The van der Waals surface area contributed by atoms with Crippen LogP contribution < -0.4 is 10.6 Å². The van der Waals surface area contributed by atoms with Crippen LogP contribution in [0.25, 0.3) is 0 Å². The molecule has 3 fully saturated rings. The first-order valence-electron chi connectivity index (χ1n) is 10.3. The molecule has 3 aliphatic heterocycles. The number of aliphatic hydroxyl groups is 1. The van der Waals surface area contributed by atoms with E-state index in [4.69, 9.17) is 15.6 Å². The summed E-state index contributed by atoms with van der Waals surface area (Å²) in [6.45, 7) is 8.98. The molecule has 0 amide bonds. The van der Waals surface area contributed by atoms with E-state index in [9.17, 15) is 0 Å². The lowest BCUT2D eigenvalue weighted by Gasteiger charge is -2.43. The number of anilines is 2. The van der Waals surface area contributed by atoms with Crippen molar-refractivity contribution in [3.8, 4) is 0 Å². The lowest BCUT2D eigenvalue weighted by Crippen LogP contribution is -2.53. The number of piperidine rings is 1. The Kier molecular flexibility index (Phi) is 6.07. The Balaban J connectivity index is 1.33. The molecule has 4 rings (SSSR count). The van der Waals surface area contributed by atoms with Crippen LogP contribution in [0.1, 0.15) is 30.9 Å². The zero-order valence-corrected chi connectivity index (χ0v) is 16.1. The molecule has 0 bridgehead atoms. The fourth-order valence-corrected chi connectivity index (χ4v) is 4.56. The molecule has 27 heavy (non-hydrogen) atoms. The number of nitrogens with zero attached hydrogens (tertiary/aromatic N) is 5. The van der Waals surface area contributed by atoms with Crippen molar-refractivity contribution < 1.29 is 9.84 Å². The van der Waals surface area contributed by atoms with Gasteiger partial charge in [-0.15, -0.1) is 0 Å². The summed E-state index contributed by atoms with van der Waals surface area (Å²) >= 11 is 0. The van der Waals surface area contributed by atoms with Crippen molar-refractivity contribution in [2.45, 2.75) is 31.2 Å². The van der Waals surface area contributed by atoms with Crippen molar-refractivity contribution in [1.82, 2.24) is 19.8 Å². The van der Waals surface area contributed by atoms with Crippen LogP contribution in [0.15, 0.2) is 6.07 Å². The molecule has 1 unspecified atom stereocenters. The monoisotopic (exact) mass is 376 g/mol. The van der Waals surface area contributed by atoms with E-state index in [1.165, 1.54) is 0 Å². The number of rotatable bonds is 5. The Hall–Kier alpha value is -1.48. The van der Waals surface area contributed by atoms with Gasteiger partial charge in [0.1, 0.15) is 5.82 Å². The van der Waals surface area contributed by atoms with Gasteiger partial charge in [0.25, 0.3) is 0 Å². The molecule has 1 aromatic heterocycles. The maximum absolute atomic E-state index is 9.09. The third kappa shape index (κ3) is 4.51. The number of ether oxygens (including phenoxy) is 1. The number of aliphatic hydroxyl groups excluding tert-OH is 1. The maximum Gasteiger partial charge on any atom is 0.222 e. The molecule has 3 aliphatic rings. The summed E-state index contributed by atoms with van der Waals surface area (Å²) in [5.41, 5.74) is 7.02. The Labute approximate surface area is 161 Å². The summed E-state index contributed by atoms with van der Waals surface area (Å²) in [7, 11) is 0. The molecule has 0 spiro atoms. The van der Waals surface area contributed by atoms with Crippen LogP contribution in [0.3, 0.4) is 0 Å². The highest BCUT2D eigenvalue weighted by Crippen LogP contribution is 2.28. The summed E-state index contributed by atoms with van der Waals surface area (Å²) in [6.07, 6.45) is 3.33. The van der Waals surface area contributed by atoms with Crippen LogP contribution >= 0.6 is 0 Å². The van der Waals surface area contributed by atoms with Gasteiger partial charge in [-0.2, -0.15) is 4.98 Å². The Morgan fingerprint density at radius 1 is 1.07 bits per heavy atom. The van der Waals surface area contributed by atoms with Crippen molar-refractivity contribution in [3.05, 3.63) is 11.8 Å². The van der Waals surface area contributed by atoms with Gasteiger partial charge in [0.15, 0.2) is 0 Å². The number of piperazine rings is 1. The molecule has 1 atom stereocenters. The normalized spacial score (nSPS) is 26.0. The molecule has 1 aromatic rings. The lowest BCUT2D eigenvalue weighted by atomic mass is 10.0. The summed E-state index contributed by atoms with van der Waals surface area (Å²) in [5.74, 6) is 1.69. The molecule has 0 aliphatic carbocycles. The average molecular weight is 377 g/mol. The molecule has 0 radical (unpaired) electrons. The van der Waals surface area contributed by atoms with Gasteiger partial charge >= 0.3 is 0 Å². The second kappa shape index (κ2) is 8.68. The van der Waals surface area contributed by atoms with Gasteiger partial charge in [0.2, 0.25) is 5.95 Å². The minimum atomic E-state index is 0.259. The summed E-state index contributed by atoms with van der Waals surface area (Å²) in [5, 5.41) is 9.09. The number of nitrogen functional groups attached to an aromatic ring is 1. The number of β-amino-alcohol motifs (C(OH)–C–C–N with tert-alkyl or cyclic N) is 1. The van der Waals surface area contributed by atoms with Crippen LogP contribution in [-0.2, 0) is 4.74 Å². The van der Waals surface area contributed by atoms with E-state index in [0.29, 0.717) is 17.9 Å². The van der Waals surface area contributed by atoms with Crippen molar-refractivity contribution in [3.63, 3.8) is 0 Å². The summed E-state index contributed by atoms with van der Waals surface area (Å²) in [4.78, 5) is 16.3. The Bertz CT molecular complexity index is 608. The van der Waals surface area contributed by atoms with Gasteiger partial charge < -0.3 is 20.5 Å². The van der Waals surface area contributed by atoms with E-state index in [-0.39, 0.29) is 6.61 Å². The third-order valence-corrected chi connectivity index (χ3v) is 6.23. The fourth-order valence-electron chi connectivity index (χ4n) is 4.56. The van der Waals surface area contributed by atoms with Gasteiger partial charge in [0.05, 0.1) is 18.9 Å². The highest BCUT2D eigenvalue weighted by Gasteiger charge is 2.28. The summed E-state index contributed by atoms with van der Waals surface area (Å²) < 4.78 is 5.50. The first-order valence-corrected chi connectivity index (χ1v) is 10.3. The minimum Gasteiger partial charge on any atom is -0.395 e. The first kappa shape index (κ1) is 18.9. The van der Waals surface area contributed by atoms with Crippen molar-refractivity contribution in [2.75, 3.05) is 76.3 Å². The highest BCUT2D eigenvalue weighted by molar-refractivity contribution is 5.45. The molecule has 3 N–H and O–H groups in total. The second-order valence-corrected chi connectivity index (χ2v) is 7.89. The predicted octanol–water partition coefficient (Wildman–Crippen LogP) is 0.141. The van der Waals surface area contributed by atoms with E-state index in [2.05, 4.69) is 30.7 Å². The Morgan fingerprint density at radius 2 is 1.85 bits per heavy atom. The van der Waals surface area contributed by atoms with E-state index in [1.54, 1.807) is 0 Å². The van der Waals surface area contributed by atoms with Gasteiger partial charge in [-0.25, -0.2) is 4.98 Å². The van der Waals surface area contributed by atoms with Crippen LogP contribution in [0.4, 0.5) is 11.8 Å². The molecule has 4 heterocycles. The average Bonchev–Trinajstić information content (AvgIpc) is 3.24. The van der Waals surface area contributed by atoms with Crippen LogP contribution in [0.5, 0.6) is 0 Å². The highest BCUT2D eigenvalue weighted by atomic mass is 16.5. The number of hydrogen-bond acceptors (Lipinski definition) is 8. The first-order chi connectivity index (χ1) is 13.2. The van der Waals surface area contributed by atoms with E-state index < -0.39 is 0 Å². The van der Waals surface area contributed by atoms with Crippen LogP contribution in [0.2, 0.25) is 0 Å². The molecular formula is C19H32N6O2. The predicted molar refractivity (Wildman–Crippen MR) is 105 cm³/mol. The number of hydrogen-bond donors (Lipinski definition) is 2. The SMILES string of the molecule is Nc1nc(C2CCOC2)cc(N2CCC(N3CCN(CCO)CC3)CC2)n1. The van der Waals surface area contributed by atoms with Crippen molar-refractivity contribution in [2.24, 2.45) is 0 Å². The number of nitrogens with two attached hydrogens (primary N) is 1. The zero-order chi connectivity index (χ0) is 18.6. The van der Waals surface area contributed by atoms with E-state index >= 15 is 0 Å². The largest absolute Gasteiger partial charge is 0.395 e. The van der Waals surface area contributed by atoms with Crippen LogP contribution in [-0.4, -0.2) is 96.6 Å². The molecule has 8 heteroatoms. The van der Waals surface area contributed by atoms with Crippen molar-refractivity contribution in [1.29, 1.82) is 0 Å². The van der Waals surface area contributed by atoms with E-state index in [1.807, 2.05) is 0 Å². The zero-order valence-electron chi connectivity index (χ0n) is 16.1.